The van der Waals surface area contributed by atoms with Gasteiger partial charge < -0.3 is 9.99 Å². The highest BCUT2D eigenvalue weighted by Crippen LogP contribution is 2.22. The number of hydrogen-bond donors (Lipinski definition) is 3. The molecule has 0 saturated carbocycles. The molecule has 9 heteroatoms. The van der Waals surface area contributed by atoms with Crippen LogP contribution in [0.15, 0.2) is 30.3 Å². The molecule has 1 aliphatic heterocycles. The lowest BCUT2D eigenvalue weighted by atomic mass is 10.0. The van der Waals surface area contributed by atoms with Gasteiger partial charge in [-0.2, -0.15) is 5.26 Å². The zero-order valence-corrected chi connectivity index (χ0v) is 15.8. The summed E-state index contributed by atoms with van der Waals surface area (Å²) in [5.74, 6) is -2.46. The summed E-state index contributed by atoms with van der Waals surface area (Å²) in [4.78, 5) is 47.3. The first-order chi connectivity index (χ1) is 13.4. The van der Waals surface area contributed by atoms with E-state index in [0.717, 1.165) is 12.8 Å². The van der Waals surface area contributed by atoms with Gasteiger partial charge in [0, 0.05) is 12.8 Å². The van der Waals surface area contributed by atoms with Crippen molar-refractivity contribution in [1.82, 2.24) is 5.43 Å². The summed E-state index contributed by atoms with van der Waals surface area (Å²) in [7, 11) is 0. The average Bonchev–Trinajstić information content (AvgIpc) is 2.98. The topological polar surface area (TPSA) is 133 Å². The molecule has 0 spiro atoms. The number of hydrazine groups is 1. The number of nitrogens with zero attached hydrogens (tertiary/aromatic N) is 1. The van der Waals surface area contributed by atoms with Gasteiger partial charge in [0.05, 0.1) is 5.69 Å². The van der Waals surface area contributed by atoms with Gasteiger partial charge in [-0.3, -0.25) is 19.8 Å². The van der Waals surface area contributed by atoms with Crippen molar-refractivity contribution in [3.8, 4) is 0 Å². The van der Waals surface area contributed by atoms with E-state index in [1.807, 2.05) is 25.1 Å². The number of rotatable bonds is 9. The zero-order chi connectivity index (χ0) is 20.9. The number of hydrogen-bond acceptors (Lipinski definition) is 6. The third kappa shape index (κ3) is 7.75. The largest absolute Gasteiger partial charge is 0.481 e. The van der Waals surface area contributed by atoms with Crippen molar-refractivity contribution in [1.29, 1.82) is 0 Å². The van der Waals surface area contributed by atoms with Crippen LogP contribution in [0.5, 0.6) is 0 Å². The van der Waals surface area contributed by atoms with E-state index in [-0.39, 0.29) is 24.7 Å². The summed E-state index contributed by atoms with van der Waals surface area (Å²) in [6, 6.07) is 9.17. The summed E-state index contributed by atoms with van der Waals surface area (Å²) in [5.41, 5.74) is 3.34. The van der Waals surface area contributed by atoms with Crippen LogP contribution in [0, 0.1) is 5.92 Å². The molecule has 1 atom stereocenters. The van der Waals surface area contributed by atoms with Crippen LogP contribution in [-0.4, -0.2) is 34.1 Å². The smallest absolute Gasteiger partial charge is 0.342 e. The molecule has 2 amide bonds. The Labute approximate surface area is 163 Å². The van der Waals surface area contributed by atoms with Crippen LogP contribution in [0.3, 0.4) is 0 Å². The molecule has 0 bridgehead atoms. The van der Waals surface area contributed by atoms with Crippen LogP contribution >= 0.6 is 0 Å². The van der Waals surface area contributed by atoms with E-state index in [4.69, 9.17) is 10.4 Å². The molecule has 1 heterocycles. The fourth-order valence-electron chi connectivity index (χ4n) is 2.53. The molecule has 2 rings (SSSR count). The molecule has 1 unspecified atom stereocenters. The number of anilines is 1. The van der Waals surface area contributed by atoms with Crippen LogP contribution in [0.2, 0.25) is 0 Å². The monoisotopic (exact) mass is 394 g/mol. The second kappa shape index (κ2) is 12.4. The molecule has 0 aromatic heterocycles. The third-order valence-electron chi connectivity index (χ3n) is 4.04. The highest BCUT2D eigenvalue weighted by atomic mass is 17.1. The van der Waals surface area contributed by atoms with E-state index in [1.165, 1.54) is 5.01 Å². The Hall–Kier alpha value is -2.94. The van der Waals surface area contributed by atoms with Crippen molar-refractivity contribution >= 4 is 29.4 Å². The first-order valence-electron chi connectivity index (χ1n) is 9.16. The van der Waals surface area contributed by atoms with E-state index < -0.39 is 17.9 Å². The SMILES string of the molecule is CCCCC1C(=O)NN(c2ccccc2)C1=O.O=C(O)CCCCC(=O)OO. The van der Waals surface area contributed by atoms with Crippen molar-refractivity contribution < 1.29 is 34.4 Å². The summed E-state index contributed by atoms with van der Waals surface area (Å²) < 4.78 is 0. The van der Waals surface area contributed by atoms with Gasteiger partial charge in [-0.05, 0) is 31.4 Å². The number of carboxylic acid groups (broad SMARTS) is 1. The Balaban J connectivity index is 0.000000311. The van der Waals surface area contributed by atoms with Crippen LogP contribution in [0.1, 0.15) is 51.9 Å². The van der Waals surface area contributed by atoms with Gasteiger partial charge in [0.2, 0.25) is 0 Å². The van der Waals surface area contributed by atoms with Crippen molar-refractivity contribution in [2.45, 2.75) is 51.9 Å². The maximum Gasteiger partial charge on any atom is 0.342 e. The Morgan fingerprint density at radius 1 is 1.11 bits per heavy atom. The standard InChI is InChI=1S/C13H16N2O2.C6H10O5/c1-2-3-9-11-12(16)14-15(13(11)17)10-7-5-4-6-8-10;7-5(8)3-1-2-4-6(9)11-10/h4-8,11H,2-3,9H2,1H3,(H,14,16);10H,1-4H2,(H,7,8). The Morgan fingerprint density at radius 3 is 2.32 bits per heavy atom. The molecular weight excluding hydrogens is 368 g/mol. The molecule has 154 valence electrons. The van der Waals surface area contributed by atoms with E-state index in [2.05, 4.69) is 10.3 Å². The summed E-state index contributed by atoms with van der Waals surface area (Å²) in [6.45, 7) is 2.05. The van der Waals surface area contributed by atoms with Crippen LogP contribution in [0.25, 0.3) is 0 Å². The predicted octanol–water partition coefficient (Wildman–Crippen LogP) is 2.52. The van der Waals surface area contributed by atoms with Crippen molar-refractivity contribution in [3.63, 3.8) is 0 Å². The molecule has 1 aromatic carbocycles. The molecule has 1 fully saturated rings. The van der Waals surface area contributed by atoms with E-state index in [9.17, 15) is 19.2 Å². The minimum Gasteiger partial charge on any atom is -0.481 e. The van der Waals surface area contributed by atoms with E-state index in [1.54, 1.807) is 12.1 Å². The van der Waals surface area contributed by atoms with Gasteiger partial charge in [-0.1, -0.05) is 38.0 Å². The molecular formula is C19H26N2O7. The highest BCUT2D eigenvalue weighted by Gasteiger charge is 2.39. The number of unbranched alkanes of at least 4 members (excludes halogenated alkanes) is 2. The third-order valence-corrected chi connectivity index (χ3v) is 4.04. The van der Waals surface area contributed by atoms with E-state index >= 15 is 0 Å². The minimum atomic E-state index is -0.887. The van der Waals surface area contributed by atoms with Crippen LogP contribution in [0.4, 0.5) is 5.69 Å². The lowest BCUT2D eigenvalue weighted by Gasteiger charge is -2.14. The lowest BCUT2D eigenvalue weighted by Crippen LogP contribution is -2.35. The predicted molar refractivity (Wildman–Crippen MR) is 99.9 cm³/mol. The fourth-order valence-corrected chi connectivity index (χ4v) is 2.53. The second-order valence-corrected chi connectivity index (χ2v) is 6.24. The normalized spacial score (nSPS) is 15.5. The first kappa shape index (κ1) is 23.1. The Bertz CT molecular complexity index is 664. The van der Waals surface area contributed by atoms with E-state index in [0.29, 0.717) is 24.9 Å². The summed E-state index contributed by atoms with van der Waals surface area (Å²) >= 11 is 0. The Morgan fingerprint density at radius 2 is 1.75 bits per heavy atom. The number of carbonyl (C=O) groups is 4. The van der Waals surface area contributed by atoms with Gasteiger partial charge in [0.1, 0.15) is 5.92 Å². The number of nitrogens with one attached hydrogen (secondary N) is 1. The van der Waals surface area contributed by atoms with Gasteiger partial charge >= 0.3 is 11.9 Å². The van der Waals surface area contributed by atoms with Crippen molar-refractivity contribution in [2.75, 3.05) is 5.01 Å². The van der Waals surface area contributed by atoms with Crippen LogP contribution in [-0.2, 0) is 24.1 Å². The molecule has 9 nitrogen and oxygen atoms in total. The quantitative estimate of drug-likeness (QED) is 0.254. The number of carbonyl (C=O) groups excluding carboxylic acids is 3. The summed E-state index contributed by atoms with van der Waals surface area (Å²) in [6.07, 6.45) is 3.46. The molecule has 3 N–H and O–H groups in total. The zero-order valence-electron chi connectivity index (χ0n) is 15.8. The number of carboxylic acids is 1. The van der Waals surface area contributed by atoms with Crippen molar-refractivity contribution in [3.05, 3.63) is 30.3 Å². The molecule has 0 aliphatic carbocycles. The maximum atomic E-state index is 12.1. The minimum absolute atomic E-state index is 0.0404. The molecule has 1 saturated heterocycles. The van der Waals surface area contributed by atoms with Gasteiger partial charge in [-0.25, -0.2) is 9.80 Å². The molecule has 1 aliphatic rings. The number of benzene rings is 1. The van der Waals surface area contributed by atoms with Crippen molar-refractivity contribution in [2.24, 2.45) is 5.92 Å². The number of para-hydroxylation sites is 1. The number of amides is 2. The maximum absolute atomic E-state index is 12.1. The highest BCUT2D eigenvalue weighted by molar-refractivity contribution is 6.14. The molecule has 1 aromatic rings. The average molecular weight is 394 g/mol. The molecule has 0 radical (unpaired) electrons. The number of aliphatic carboxylic acids is 1. The van der Waals surface area contributed by atoms with Crippen LogP contribution < -0.4 is 10.4 Å². The van der Waals surface area contributed by atoms with Gasteiger partial charge in [0.25, 0.3) is 11.8 Å². The first-order valence-corrected chi connectivity index (χ1v) is 9.16. The van der Waals surface area contributed by atoms with Gasteiger partial charge in [-0.15, -0.1) is 0 Å². The fraction of sp³-hybridized carbons (Fsp3) is 0.474. The lowest BCUT2D eigenvalue weighted by molar-refractivity contribution is -0.234. The second-order valence-electron chi connectivity index (χ2n) is 6.24. The summed E-state index contributed by atoms with van der Waals surface area (Å²) in [5, 5.41) is 17.3. The molecule has 28 heavy (non-hydrogen) atoms. The Kier molecular flexibility index (Phi) is 10.3. The van der Waals surface area contributed by atoms with Gasteiger partial charge in [0.15, 0.2) is 0 Å².